The predicted octanol–water partition coefficient (Wildman–Crippen LogP) is 1.99. The molecule has 0 spiro atoms. The third-order valence-electron chi connectivity index (χ3n) is 2.51. The van der Waals surface area contributed by atoms with Crippen molar-refractivity contribution < 1.29 is 9.59 Å². The van der Waals surface area contributed by atoms with E-state index in [1.165, 1.54) is 0 Å². The van der Waals surface area contributed by atoms with Crippen LogP contribution in [0.2, 0.25) is 0 Å². The fourth-order valence-electron chi connectivity index (χ4n) is 1.40. The van der Waals surface area contributed by atoms with Gasteiger partial charge in [0.25, 0.3) is 0 Å². The second kappa shape index (κ2) is 11.4. The molecule has 0 aromatic rings. The van der Waals surface area contributed by atoms with Crippen LogP contribution in [0.5, 0.6) is 0 Å². The van der Waals surface area contributed by atoms with Crippen molar-refractivity contribution in [2.45, 2.75) is 58.8 Å². The Hall–Kier alpha value is -1.06. The summed E-state index contributed by atoms with van der Waals surface area (Å²) in [6.07, 6.45) is 5.73. The first-order valence-corrected chi connectivity index (χ1v) is 6.74. The minimum atomic E-state index is 0.0554. The zero-order valence-electron chi connectivity index (χ0n) is 11.2. The van der Waals surface area contributed by atoms with Crippen LogP contribution in [0.4, 0.5) is 0 Å². The zero-order valence-corrected chi connectivity index (χ0v) is 11.2. The molecule has 0 saturated heterocycles. The molecule has 0 fully saturated rings. The van der Waals surface area contributed by atoms with Crippen LogP contribution < -0.4 is 10.6 Å². The molecule has 17 heavy (non-hydrogen) atoms. The van der Waals surface area contributed by atoms with Gasteiger partial charge in [0, 0.05) is 25.9 Å². The molecule has 4 nitrogen and oxygen atoms in total. The lowest BCUT2D eigenvalue weighted by molar-refractivity contribution is -0.122. The normalized spacial score (nSPS) is 10.0. The molecule has 2 amide bonds. The summed E-state index contributed by atoms with van der Waals surface area (Å²) in [6.45, 7) is 5.68. The average Bonchev–Trinajstić information content (AvgIpc) is 2.30. The maximum absolute atomic E-state index is 11.3. The van der Waals surface area contributed by atoms with Gasteiger partial charge in [-0.3, -0.25) is 9.59 Å². The van der Waals surface area contributed by atoms with Crippen LogP contribution in [0.3, 0.4) is 0 Å². The molecule has 2 N–H and O–H groups in total. The molecule has 4 heteroatoms. The Kier molecular flexibility index (Phi) is 10.7. The fourth-order valence-corrected chi connectivity index (χ4v) is 1.40. The molecule has 0 radical (unpaired) electrons. The Balaban J connectivity index is 3.36. The maximum Gasteiger partial charge on any atom is 0.220 e. The highest BCUT2D eigenvalue weighted by Crippen LogP contribution is 1.96. The van der Waals surface area contributed by atoms with E-state index in [-0.39, 0.29) is 11.8 Å². The van der Waals surface area contributed by atoms with E-state index in [0.717, 1.165) is 38.8 Å². The van der Waals surface area contributed by atoms with Gasteiger partial charge in [-0.1, -0.05) is 26.7 Å². The van der Waals surface area contributed by atoms with Crippen molar-refractivity contribution in [2.75, 3.05) is 13.1 Å². The third-order valence-corrected chi connectivity index (χ3v) is 2.51. The Morgan fingerprint density at radius 2 is 1.18 bits per heavy atom. The number of unbranched alkanes of at least 4 members (excludes halogenated alkanes) is 2. The average molecular weight is 242 g/mol. The fraction of sp³-hybridized carbons (Fsp3) is 0.846. The molecule has 0 bridgehead atoms. The third kappa shape index (κ3) is 11.2. The second-order valence-corrected chi connectivity index (χ2v) is 4.26. The van der Waals surface area contributed by atoms with Crippen molar-refractivity contribution >= 4 is 11.8 Å². The minimum absolute atomic E-state index is 0.0554. The Morgan fingerprint density at radius 1 is 0.765 bits per heavy atom. The Morgan fingerprint density at radius 3 is 1.53 bits per heavy atom. The molecule has 0 aromatic heterocycles. The molecule has 0 saturated carbocycles. The first kappa shape index (κ1) is 15.9. The van der Waals surface area contributed by atoms with Crippen LogP contribution >= 0.6 is 0 Å². The van der Waals surface area contributed by atoms with E-state index in [1.54, 1.807) is 0 Å². The molecule has 0 rings (SSSR count). The summed E-state index contributed by atoms with van der Waals surface area (Å²) in [4.78, 5) is 22.6. The van der Waals surface area contributed by atoms with Crippen LogP contribution in [-0.2, 0) is 9.59 Å². The second-order valence-electron chi connectivity index (χ2n) is 4.26. The lowest BCUT2D eigenvalue weighted by Gasteiger charge is -2.05. The number of hydrogen-bond acceptors (Lipinski definition) is 2. The molecule has 0 heterocycles. The number of amides is 2. The van der Waals surface area contributed by atoms with E-state index in [2.05, 4.69) is 24.5 Å². The van der Waals surface area contributed by atoms with Gasteiger partial charge in [-0.05, 0) is 19.3 Å². The van der Waals surface area contributed by atoms with Crippen molar-refractivity contribution in [1.29, 1.82) is 0 Å². The highest BCUT2D eigenvalue weighted by Gasteiger charge is 2.04. The number of carbonyl (C=O) groups is 2. The van der Waals surface area contributed by atoms with Crippen molar-refractivity contribution in [1.82, 2.24) is 10.6 Å². The SMILES string of the molecule is CCCCNC(=O)CCCC(=O)NCCCC. The van der Waals surface area contributed by atoms with Gasteiger partial charge < -0.3 is 10.6 Å². The van der Waals surface area contributed by atoms with Crippen LogP contribution in [-0.4, -0.2) is 24.9 Å². The van der Waals surface area contributed by atoms with E-state index < -0.39 is 0 Å². The monoisotopic (exact) mass is 242 g/mol. The van der Waals surface area contributed by atoms with Crippen LogP contribution in [0.25, 0.3) is 0 Å². The van der Waals surface area contributed by atoms with Gasteiger partial charge in [0.2, 0.25) is 11.8 Å². The molecular formula is C13H26N2O2. The zero-order chi connectivity index (χ0) is 12.9. The topological polar surface area (TPSA) is 58.2 Å². The Bertz CT molecular complexity index is 195. The molecular weight excluding hydrogens is 216 g/mol. The molecule has 0 atom stereocenters. The maximum atomic E-state index is 11.3. The summed E-state index contributed by atoms with van der Waals surface area (Å²) in [7, 11) is 0. The van der Waals surface area contributed by atoms with Gasteiger partial charge in [-0.15, -0.1) is 0 Å². The lowest BCUT2D eigenvalue weighted by Crippen LogP contribution is -2.26. The summed E-state index contributed by atoms with van der Waals surface area (Å²) in [5.41, 5.74) is 0. The van der Waals surface area contributed by atoms with E-state index >= 15 is 0 Å². The standard InChI is InChI=1S/C13H26N2O2/c1-3-5-10-14-12(16)8-7-9-13(17)15-11-6-4-2/h3-11H2,1-2H3,(H,14,16)(H,15,17). The van der Waals surface area contributed by atoms with E-state index in [4.69, 9.17) is 0 Å². The van der Waals surface area contributed by atoms with Gasteiger partial charge in [0.15, 0.2) is 0 Å². The molecule has 0 unspecified atom stereocenters. The number of nitrogens with one attached hydrogen (secondary N) is 2. The molecule has 100 valence electrons. The minimum Gasteiger partial charge on any atom is -0.356 e. The summed E-state index contributed by atoms with van der Waals surface area (Å²) < 4.78 is 0. The van der Waals surface area contributed by atoms with Gasteiger partial charge in [0.1, 0.15) is 0 Å². The molecule has 0 aromatic carbocycles. The van der Waals surface area contributed by atoms with Gasteiger partial charge in [0.05, 0.1) is 0 Å². The quantitative estimate of drug-likeness (QED) is 0.576. The number of rotatable bonds is 10. The first-order valence-electron chi connectivity index (χ1n) is 6.74. The van der Waals surface area contributed by atoms with Crippen molar-refractivity contribution in [3.8, 4) is 0 Å². The van der Waals surface area contributed by atoms with Crippen LogP contribution in [0, 0.1) is 0 Å². The first-order chi connectivity index (χ1) is 8.20. The largest absolute Gasteiger partial charge is 0.356 e. The van der Waals surface area contributed by atoms with Gasteiger partial charge in [-0.25, -0.2) is 0 Å². The number of carbonyl (C=O) groups excluding carboxylic acids is 2. The highest BCUT2D eigenvalue weighted by atomic mass is 16.2. The predicted molar refractivity (Wildman–Crippen MR) is 69.7 cm³/mol. The van der Waals surface area contributed by atoms with E-state index in [1.807, 2.05) is 0 Å². The Labute approximate surface area is 105 Å². The van der Waals surface area contributed by atoms with Gasteiger partial charge >= 0.3 is 0 Å². The van der Waals surface area contributed by atoms with Crippen molar-refractivity contribution in [3.63, 3.8) is 0 Å². The summed E-state index contributed by atoms with van der Waals surface area (Å²) in [5, 5.41) is 5.68. The molecule has 0 aliphatic heterocycles. The number of hydrogen-bond donors (Lipinski definition) is 2. The van der Waals surface area contributed by atoms with Crippen molar-refractivity contribution in [3.05, 3.63) is 0 Å². The van der Waals surface area contributed by atoms with E-state index in [0.29, 0.717) is 19.3 Å². The molecule has 0 aliphatic rings. The lowest BCUT2D eigenvalue weighted by atomic mass is 10.2. The van der Waals surface area contributed by atoms with E-state index in [9.17, 15) is 9.59 Å². The molecule has 0 aliphatic carbocycles. The summed E-state index contributed by atoms with van der Waals surface area (Å²) >= 11 is 0. The summed E-state index contributed by atoms with van der Waals surface area (Å²) in [5.74, 6) is 0.111. The summed E-state index contributed by atoms with van der Waals surface area (Å²) in [6, 6.07) is 0. The smallest absolute Gasteiger partial charge is 0.220 e. The highest BCUT2D eigenvalue weighted by molar-refractivity contribution is 5.78. The van der Waals surface area contributed by atoms with Crippen LogP contribution in [0.1, 0.15) is 58.8 Å². The van der Waals surface area contributed by atoms with Crippen LogP contribution in [0.15, 0.2) is 0 Å². The van der Waals surface area contributed by atoms with Crippen molar-refractivity contribution in [2.24, 2.45) is 0 Å². The van der Waals surface area contributed by atoms with Gasteiger partial charge in [-0.2, -0.15) is 0 Å².